The van der Waals surface area contributed by atoms with E-state index in [2.05, 4.69) is 29.1 Å². The van der Waals surface area contributed by atoms with Crippen molar-refractivity contribution in [3.63, 3.8) is 0 Å². The third-order valence-electron chi connectivity index (χ3n) is 2.52. The topological polar surface area (TPSA) is 75.1 Å². The average Bonchev–Trinajstić information content (AvgIpc) is 2.25. The van der Waals surface area contributed by atoms with E-state index in [1.807, 2.05) is 0 Å². The predicted octanol–water partition coefficient (Wildman–Crippen LogP) is 1.94. The van der Waals surface area contributed by atoms with Gasteiger partial charge in [-0.05, 0) is 12.8 Å². The second-order valence-corrected chi connectivity index (χ2v) is 3.89. The Labute approximate surface area is 94.9 Å². The number of aromatic nitrogens is 2. The van der Waals surface area contributed by atoms with Crippen LogP contribution < -0.4 is 5.32 Å². The number of hydrogen-bond acceptors (Lipinski definition) is 4. The Kier molecular flexibility index (Phi) is 4.22. The average molecular weight is 223 g/mol. The summed E-state index contributed by atoms with van der Waals surface area (Å²) in [7, 11) is 0. The van der Waals surface area contributed by atoms with Crippen molar-refractivity contribution in [3.05, 3.63) is 17.5 Å². The number of carboxylic acid groups (broad SMARTS) is 1. The van der Waals surface area contributed by atoms with E-state index in [1.54, 1.807) is 6.92 Å². The summed E-state index contributed by atoms with van der Waals surface area (Å²) in [5.74, 6) is 0.0387. The van der Waals surface area contributed by atoms with Crippen molar-refractivity contribution in [2.75, 3.05) is 11.9 Å². The summed E-state index contributed by atoms with van der Waals surface area (Å²) in [5, 5.41) is 11.9. The van der Waals surface area contributed by atoms with E-state index >= 15 is 0 Å². The first-order chi connectivity index (χ1) is 7.54. The molecule has 0 saturated heterocycles. The van der Waals surface area contributed by atoms with Crippen molar-refractivity contribution in [3.8, 4) is 0 Å². The molecule has 1 aromatic rings. The van der Waals surface area contributed by atoms with Crippen LogP contribution in [0.1, 0.15) is 36.3 Å². The van der Waals surface area contributed by atoms with Crippen LogP contribution in [0.15, 0.2) is 6.20 Å². The van der Waals surface area contributed by atoms with E-state index in [9.17, 15) is 4.79 Å². The summed E-state index contributed by atoms with van der Waals surface area (Å²) in [6, 6.07) is 0. The maximum absolute atomic E-state index is 10.7. The van der Waals surface area contributed by atoms with Crippen molar-refractivity contribution in [2.45, 2.75) is 27.2 Å². The molecule has 1 unspecified atom stereocenters. The van der Waals surface area contributed by atoms with Gasteiger partial charge in [0.2, 0.25) is 5.95 Å². The molecule has 16 heavy (non-hydrogen) atoms. The van der Waals surface area contributed by atoms with E-state index < -0.39 is 5.97 Å². The third-order valence-corrected chi connectivity index (χ3v) is 2.52. The molecule has 1 atom stereocenters. The molecule has 0 spiro atoms. The van der Waals surface area contributed by atoms with Crippen LogP contribution in [0, 0.1) is 12.8 Å². The Morgan fingerprint density at radius 3 is 2.81 bits per heavy atom. The van der Waals surface area contributed by atoms with Crippen molar-refractivity contribution < 1.29 is 9.90 Å². The number of nitrogens with one attached hydrogen (secondary N) is 1. The molecule has 0 bridgehead atoms. The van der Waals surface area contributed by atoms with Gasteiger partial charge in [-0.1, -0.05) is 20.3 Å². The molecule has 1 heterocycles. The van der Waals surface area contributed by atoms with Crippen LogP contribution in [0.5, 0.6) is 0 Å². The zero-order chi connectivity index (χ0) is 12.1. The van der Waals surface area contributed by atoms with Gasteiger partial charge in [0.25, 0.3) is 0 Å². The van der Waals surface area contributed by atoms with E-state index in [0.29, 0.717) is 17.6 Å². The van der Waals surface area contributed by atoms with Gasteiger partial charge in [0.15, 0.2) is 0 Å². The first-order valence-electron chi connectivity index (χ1n) is 5.35. The van der Waals surface area contributed by atoms with Crippen LogP contribution in [-0.4, -0.2) is 27.6 Å². The monoisotopic (exact) mass is 223 g/mol. The minimum Gasteiger partial charge on any atom is -0.478 e. The van der Waals surface area contributed by atoms with Crippen LogP contribution >= 0.6 is 0 Å². The molecule has 5 nitrogen and oxygen atoms in total. The summed E-state index contributed by atoms with van der Waals surface area (Å²) in [6.45, 7) is 6.71. The maximum Gasteiger partial charge on any atom is 0.339 e. The number of aryl methyl sites for hydroxylation is 1. The fourth-order valence-electron chi connectivity index (χ4n) is 1.17. The first-order valence-corrected chi connectivity index (χ1v) is 5.35. The highest BCUT2D eigenvalue weighted by molar-refractivity contribution is 5.88. The van der Waals surface area contributed by atoms with Gasteiger partial charge in [-0.3, -0.25) is 0 Å². The second kappa shape index (κ2) is 5.44. The van der Waals surface area contributed by atoms with Gasteiger partial charge in [0.05, 0.1) is 11.3 Å². The Bertz CT molecular complexity index is 379. The largest absolute Gasteiger partial charge is 0.478 e. The first kappa shape index (κ1) is 12.4. The van der Waals surface area contributed by atoms with Gasteiger partial charge in [-0.25, -0.2) is 14.8 Å². The Morgan fingerprint density at radius 2 is 2.31 bits per heavy atom. The summed E-state index contributed by atoms with van der Waals surface area (Å²) in [6.07, 6.45) is 2.42. The van der Waals surface area contributed by atoms with E-state index in [-0.39, 0.29) is 5.56 Å². The van der Waals surface area contributed by atoms with Gasteiger partial charge < -0.3 is 10.4 Å². The molecule has 0 fully saturated rings. The molecule has 0 aliphatic heterocycles. The number of carbonyl (C=O) groups is 1. The lowest BCUT2D eigenvalue weighted by molar-refractivity contribution is 0.0695. The second-order valence-electron chi connectivity index (χ2n) is 3.89. The minimum absolute atomic E-state index is 0.147. The minimum atomic E-state index is -0.994. The molecule has 0 aromatic carbocycles. The van der Waals surface area contributed by atoms with Gasteiger partial charge >= 0.3 is 5.97 Å². The van der Waals surface area contributed by atoms with E-state index in [0.717, 1.165) is 13.0 Å². The van der Waals surface area contributed by atoms with Gasteiger partial charge in [-0.15, -0.1) is 0 Å². The van der Waals surface area contributed by atoms with Crippen LogP contribution in [0.4, 0.5) is 5.95 Å². The van der Waals surface area contributed by atoms with Crippen LogP contribution in [0.3, 0.4) is 0 Å². The molecule has 0 radical (unpaired) electrons. The number of nitrogens with zero attached hydrogens (tertiary/aromatic N) is 2. The fraction of sp³-hybridized carbons (Fsp3) is 0.545. The number of aromatic carboxylic acids is 1. The lowest BCUT2D eigenvalue weighted by Gasteiger charge is -2.10. The molecule has 0 aliphatic rings. The summed E-state index contributed by atoms with van der Waals surface area (Å²) in [5.41, 5.74) is 0.628. The van der Waals surface area contributed by atoms with Crippen LogP contribution in [-0.2, 0) is 0 Å². The molecular formula is C11H17N3O2. The molecular weight excluding hydrogens is 206 g/mol. The smallest absolute Gasteiger partial charge is 0.339 e. The van der Waals surface area contributed by atoms with E-state index in [4.69, 9.17) is 5.11 Å². The van der Waals surface area contributed by atoms with Crippen molar-refractivity contribution in [2.24, 2.45) is 5.92 Å². The molecule has 5 heteroatoms. The number of hydrogen-bond donors (Lipinski definition) is 2. The molecule has 88 valence electrons. The van der Waals surface area contributed by atoms with Crippen LogP contribution in [0.2, 0.25) is 0 Å². The predicted molar refractivity (Wildman–Crippen MR) is 61.7 cm³/mol. The SMILES string of the molecule is CCC(C)CNc1ncc(C(=O)O)c(C)n1. The summed E-state index contributed by atoms with van der Waals surface area (Å²) >= 11 is 0. The molecule has 2 N–H and O–H groups in total. The third kappa shape index (κ3) is 3.18. The molecule has 0 aliphatic carbocycles. The number of anilines is 1. The molecule has 1 aromatic heterocycles. The quantitative estimate of drug-likeness (QED) is 0.797. The van der Waals surface area contributed by atoms with E-state index in [1.165, 1.54) is 6.20 Å². The van der Waals surface area contributed by atoms with Crippen molar-refractivity contribution in [1.82, 2.24) is 9.97 Å². The molecule has 1 rings (SSSR count). The highest BCUT2D eigenvalue weighted by atomic mass is 16.4. The Morgan fingerprint density at radius 1 is 1.62 bits per heavy atom. The Balaban J connectivity index is 2.70. The fourth-order valence-corrected chi connectivity index (χ4v) is 1.17. The maximum atomic E-state index is 10.7. The van der Waals surface area contributed by atoms with Crippen molar-refractivity contribution in [1.29, 1.82) is 0 Å². The van der Waals surface area contributed by atoms with Gasteiger partial charge in [0, 0.05) is 12.7 Å². The molecule has 0 saturated carbocycles. The number of carboxylic acids is 1. The lowest BCUT2D eigenvalue weighted by Crippen LogP contribution is -2.14. The van der Waals surface area contributed by atoms with Gasteiger partial charge in [-0.2, -0.15) is 0 Å². The zero-order valence-electron chi connectivity index (χ0n) is 9.82. The highest BCUT2D eigenvalue weighted by Gasteiger charge is 2.09. The highest BCUT2D eigenvalue weighted by Crippen LogP contribution is 2.08. The zero-order valence-corrected chi connectivity index (χ0v) is 9.82. The lowest BCUT2D eigenvalue weighted by atomic mass is 10.1. The number of rotatable bonds is 5. The summed E-state index contributed by atoms with van der Waals surface area (Å²) in [4.78, 5) is 18.8. The van der Waals surface area contributed by atoms with Gasteiger partial charge in [0.1, 0.15) is 0 Å². The molecule has 0 amide bonds. The Hall–Kier alpha value is -1.65. The normalized spacial score (nSPS) is 12.2. The van der Waals surface area contributed by atoms with Crippen molar-refractivity contribution >= 4 is 11.9 Å². The van der Waals surface area contributed by atoms with Crippen LogP contribution in [0.25, 0.3) is 0 Å². The standard InChI is InChI=1S/C11H17N3O2/c1-4-7(2)5-12-11-13-6-9(10(15)16)8(3)14-11/h6-7H,4-5H2,1-3H3,(H,15,16)(H,12,13,14). The summed E-state index contributed by atoms with van der Waals surface area (Å²) < 4.78 is 0.